The van der Waals surface area contributed by atoms with E-state index in [9.17, 15) is 0 Å². The molecule has 15 unspecified atom stereocenters. The highest BCUT2D eigenvalue weighted by Crippen LogP contribution is 2.37. The summed E-state index contributed by atoms with van der Waals surface area (Å²) in [5.41, 5.74) is 3.01. The zero-order valence-electron chi connectivity index (χ0n) is 44.0. The van der Waals surface area contributed by atoms with Gasteiger partial charge in [0, 0.05) is 0 Å². The standard InChI is InChI=1S/C10H23P.C9H22P2.C8H18.C6H16P2.C6H15P.C5H14P2.C2H7P.CH6P2/c1-6-9(2,3)7-10(4,5)8-11;1-8(2,6-10)5-9(3,4)7-11;1-5-7(3)8(4)6-2;1-5(3-7)6(2)4-8;1-4-6(2,3)5-7;1-5(2,3-6)4-7;1-2-3;2-1-3/h6-8,11H2,1-5H3;5-7,10-11H2,1-4H3;7-8H,5-6H2,1-4H3;5-6H,3-4,7-8H2,1-2H3;4-5,7H2,1-3H3;3-4,6-7H2,1-2H3;2-3H2,1H3;1-3H2. The average molecular weight is 1030 g/mol. The number of hydrogen-bond donors (Lipinski definition) is 0. The molecular weight excluding hydrogens is 905 g/mol. The Morgan fingerprint density at radius 2 is 0.500 bits per heavy atom. The van der Waals surface area contributed by atoms with Crippen LogP contribution in [0.25, 0.3) is 0 Å². The third-order valence-corrected chi connectivity index (χ3v) is 19.2. The summed E-state index contributed by atoms with van der Waals surface area (Å²) in [4.78, 5) is 0. The number of hydrogen-bond acceptors (Lipinski definition) is 0. The van der Waals surface area contributed by atoms with Crippen LogP contribution in [0.5, 0.6) is 0 Å². The van der Waals surface area contributed by atoms with Crippen molar-refractivity contribution in [1.82, 2.24) is 0 Å². The Hall–Kier alpha value is 4.73. The molecule has 0 rings (SSSR count). The van der Waals surface area contributed by atoms with E-state index in [4.69, 9.17) is 0 Å². The Balaban J connectivity index is -0.0000000845. The van der Waals surface area contributed by atoms with E-state index in [2.05, 4.69) is 247 Å². The lowest BCUT2D eigenvalue weighted by atomic mass is 9.75. The normalized spacial score (nSPS) is 13.7. The van der Waals surface area contributed by atoms with E-state index < -0.39 is 0 Å². The van der Waals surface area contributed by atoms with Crippen LogP contribution in [0.1, 0.15) is 184 Å². The van der Waals surface area contributed by atoms with Crippen LogP contribution in [-0.2, 0) is 0 Å². The molecule has 0 aliphatic rings. The third-order valence-electron chi connectivity index (χ3n) is 11.1. The van der Waals surface area contributed by atoms with Crippen LogP contribution in [0.3, 0.4) is 0 Å². The van der Waals surface area contributed by atoms with Gasteiger partial charge < -0.3 is 0 Å². The van der Waals surface area contributed by atoms with Crippen LogP contribution in [-0.4, -0.2) is 61.4 Å². The molecule has 0 bridgehead atoms. The molecule has 0 nitrogen and oxygen atoms in total. The maximum atomic E-state index is 2.85. The summed E-state index contributed by atoms with van der Waals surface area (Å²) in [6.45, 7) is 48.2. The molecule has 15 atom stereocenters. The highest BCUT2D eigenvalue weighted by Gasteiger charge is 2.26. The summed E-state index contributed by atoms with van der Waals surface area (Å²) < 4.78 is 0. The summed E-state index contributed by atoms with van der Waals surface area (Å²) >= 11 is 0. The van der Waals surface area contributed by atoms with Gasteiger partial charge in [0.15, 0.2) is 0 Å². The lowest BCUT2D eigenvalue weighted by molar-refractivity contribution is 0.210. The second kappa shape index (κ2) is 48.2. The predicted molar refractivity (Wildman–Crippen MR) is 331 cm³/mol. The van der Waals surface area contributed by atoms with E-state index >= 15 is 0 Å². The van der Waals surface area contributed by atoms with Gasteiger partial charge in [-0.15, -0.1) is 102 Å². The average Bonchev–Trinajstić information content (AvgIpc) is 3.17. The van der Waals surface area contributed by atoms with Gasteiger partial charge in [-0.2, -0.15) is 0 Å². The van der Waals surface area contributed by atoms with E-state index in [1.54, 1.807) is 0 Å². The highest BCUT2D eigenvalue weighted by molar-refractivity contribution is 7.36. The fourth-order valence-corrected chi connectivity index (χ4v) is 6.75. The topological polar surface area (TPSA) is 0 Å². The van der Waals surface area contributed by atoms with E-state index in [0.29, 0.717) is 32.5 Å². The van der Waals surface area contributed by atoms with Gasteiger partial charge in [0.25, 0.3) is 0 Å². The van der Waals surface area contributed by atoms with Crippen molar-refractivity contribution in [2.75, 3.05) is 61.4 Å². The van der Waals surface area contributed by atoms with Gasteiger partial charge in [0.05, 0.1) is 0 Å². The third kappa shape index (κ3) is 67.3. The van der Waals surface area contributed by atoms with Crippen LogP contribution >= 0.6 is 102 Å². The van der Waals surface area contributed by atoms with Crippen LogP contribution in [0.2, 0.25) is 0 Å². The molecule has 58 heavy (non-hydrogen) atoms. The molecule has 0 fully saturated rings. The summed E-state index contributed by atoms with van der Waals surface area (Å²) in [7, 11) is 30.0. The van der Waals surface area contributed by atoms with Crippen molar-refractivity contribution in [2.45, 2.75) is 184 Å². The van der Waals surface area contributed by atoms with Crippen molar-refractivity contribution < 1.29 is 0 Å². The minimum Gasteiger partial charge on any atom is -0.138 e. The Kier molecular flexibility index (Phi) is 66.3. The van der Waals surface area contributed by atoms with Gasteiger partial charge >= 0.3 is 0 Å². The van der Waals surface area contributed by atoms with Crippen LogP contribution in [0, 0.1) is 56.2 Å². The fraction of sp³-hybridized carbons (Fsp3) is 1.00. The van der Waals surface area contributed by atoms with Gasteiger partial charge in [0.1, 0.15) is 0 Å². The largest absolute Gasteiger partial charge is 0.138 e. The molecule has 0 amide bonds. The van der Waals surface area contributed by atoms with Gasteiger partial charge in [-0.05, 0) is 130 Å². The van der Waals surface area contributed by atoms with Gasteiger partial charge in [-0.1, -0.05) is 171 Å². The van der Waals surface area contributed by atoms with E-state index in [1.807, 2.05) is 0 Å². The molecule has 0 aromatic rings. The van der Waals surface area contributed by atoms with Crippen molar-refractivity contribution in [1.29, 1.82) is 0 Å². The van der Waals surface area contributed by atoms with Crippen molar-refractivity contribution in [2.24, 2.45) is 56.2 Å². The maximum absolute atomic E-state index is 2.85. The zero-order valence-corrected chi connectivity index (χ0v) is 56.7. The van der Waals surface area contributed by atoms with E-state index in [-0.39, 0.29) is 0 Å². The molecule has 0 aliphatic carbocycles. The predicted octanol–water partition coefficient (Wildman–Crippen LogP) is 17.6. The van der Waals surface area contributed by atoms with Crippen LogP contribution in [0.4, 0.5) is 0 Å². The van der Waals surface area contributed by atoms with E-state index in [0.717, 1.165) is 29.6 Å². The monoisotopic (exact) mass is 1030 g/mol. The minimum absolute atomic E-state index is 0.477. The van der Waals surface area contributed by atoms with Crippen LogP contribution in [0.15, 0.2) is 0 Å². The molecule has 364 valence electrons. The smallest absolute Gasteiger partial charge is 0.0231 e. The van der Waals surface area contributed by atoms with Gasteiger partial charge in [-0.3, -0.25) is 0 Å². The SMILES string of the molecule is CC(C)(CP)CC(C)(C)CP.CC(C)(CP)CP.CC(CP)C(C)CP.CCC(C)(C)CC(C)(C)CP.CCC(C)(C)CP.CCC(C)C(C)CC.CCP.PCP. The van der Waals surface area contributed by atoms with Crippen molar-refractivity contribution in [3.05, 3.63) is 0 Å². The summed E-state index contributed by atoms with van der Waals surface area (Å²) in [6.07, 6.45) is 18.6. The summed E-state index contributed by atoms with van der Waals surface area (Å²) in [5.74, 6) is 4.63. The van der Waals surface area contributed by atoms with E-state index in [1.165, 1.54) is 94.0 Å². The lowest BCUT2D eigenvalue weighted by Crippen LogP contribution is -2.25. The highest BCUT2D eigenvalue weighted by atomic mass is 31.1. The molecule has 0 aromatic heterocycles. The Labute approximate surface area is 400 Å². The molecule has 0 N–H and O–H groups in total. The quantitative estimate of drug-likeness (QED) is 0.120. The molecule has 0 spiro atoms. The van der Waals surface area contributed by atoms with Crippen molar-refractivity contribution in [3.8, 4) is 0 Å². The first-order valence-electron chi connectivity index (χ1n) is 22.9. The molecule has 0 saturated carbocycles. The second-order valence-electron chi connectivity index (χ2n) is 21.1. The Morgan fingerprint density at radius 1 is 0.310 bits per heavy atom. The molecule has 0 heterocycles. The molecule has 0 radical (unpaired) electrons. The van der Waals surface area contributed by atoms with Crippen LogP contribution < -0.4 is 0 Å². The molecule has 0 aromatic carbocycles. The first kappa shape index (κ1) is 79.8. The van der Waals surface area contributed by atoms with Crippen molar-refractivity contribution >= 4 is 102 Å². The first-order chi connectivity index (χ1) is 26.2. The maximum Gasteiger partial charge on any atom is -0.0231 e. The Morgan fingerprint density at radius 3 is 0.603 bits per heavy atom. The van der Waals surface area contributed by atoms with Crippen molar-refractivity contribution in [3.63, 3.8) is 0 Å². The summed E-state index contributed by atoms with van der Waals surface area (Å²) in [6, 6.07) is 0. The Bertz CT molecular complexity index is 665. The lowest BCUT2D eigenvalue weighted by Gasteiger charge is -2.33. The minimum atomic E-state index is 0.477. The van der Waals surface area contributed by atoms with Gasteiger partial charge in [0.2, 0.25) is 0 Å². The summed E-state index contributed by atoms with van der Waals surface area (Å²) in [5, 5.41) is 0. The fourth-order valence-electron chi connectivity index (χ4n) is 4.43. The molecule has 0 saturated heterocycles. The van der Waals surface area contributed by atoms with Gasteiger partial charge in [-0.25, -0.2) is 0 Å². The zero-order chi connectivity index (χ0) is 48.6. The second-order valence-corrected chi connectivity index (χ2v) is 27.2. The first-order valence-corrected chi connectivity index (χ1v) is 31.9. The molecule has 11 heteroatoms. The molecule has 0 aliphatic heterocycles. The molecular formula is C47H121P11. The number of rotatable bonds is 18.